The van der Waals surface area contributed by atoms with Crippen molar-refractivity contribution >= 4 is 17.8 Å². The van der Waals surface area contributed by atoms with Crippen LogP contribution in [0.4, 0.5) is 22.4 Å². The van der Waals surface area contributed by atoms with Gasteiger partial charge in [-0.1, -0.05) is 12.1 Å². The highest BCUT2D eigenvalue weighted by atomic mass is 19.4. The number of rotatable bonds is 6. The minimum absolute atomic E-state index is 0.0458. The zero-order valence-electron chi connectivity index (χ0n) is 20.9. The topological polar surface area (TPSA) is 85.8 Å². The molecule has 1 amide bonds. The van der Waals surface area contributed by atoms with Gasteiger partial charge in [-0.3, -0.25) is 14.7 Å². The van der Waals surface area contributed by atoms with Crippen molar-refractivity contribution < 1.29 is 41.4 Å². The molecule has 0 saturated carbocycles. The summed E-state index contributed by atoms with van der Waals surface area (Å²) >= 11 is 0. The number of aryl methyl sites for hydroxylation is 1. The molecule has 2 atom stereocenters. The summed E-state index contributed by atoms with van der Waals surface area (Å²) < 4.78 is 63.1. The zero-order chi connectivity index (χ0) is 27.5. The molecule has 2 aromatic rings. The van der Waals surface area contributed by atoms with Gasteiger partial charge in [-0.2, -0.15) is 13.2 Å². The Hall–Kier alpha value is -3.50. The molecule has 0 aliphatic carbocycles. The summed E-state index contributed by atoms with van der Waals surface area (Å²) in [5.41, 5.74) is -0.598. The van der Waals surface area contributed by atoms with Gasteiger partial charge in [0.05, 0.1) is 30.8 Å². The molecular formula is C26H28F4N2O5. The van der Waals surface area contributed by atoms with Gasteiger partial charge in [-0.15, -0.1) is 0 Å². The van der Waals surface area contributed by atoms with Crippen LogP contribution in [0.25, 0.3) is 11.1 Å². The maximum absolute atomic E-state index is 14.1. The van der Waals surface area contributed by atoms with E-state index in [0.29, 0.717) is 11.3 Å². The maximum atomic E-state index is 14.1. The molecule has 0 unspecified atom stereocenters. The Labute approximate surface area is 211 Å². The van der Waals surface area contributed by atoms with Crippen LogP contribution in [0.5, 0.6) is 0 Å². The SMILES string of the molecule is COC(=O)c1cnc(CCC(=O)[C@@H]2C[C@@H](F)CN2C(=O)OC(C)(C)C)cc1-c1ccc(C(F)(F)F)cc1. The van der Waals surface area contributed by atoms with Crippen LogP contribution in [0, 0.1) is 0 Å². The van der Waals surface area contributed by atoms with E-state index < -0.39 is 41.6 Å². The number of hydrogen-bond acceptors (Lipinski definition) is 6. The van der Waals surface area contributed by atoms with Crippen molar-refractivity contribution in [2.24, 2.45) is 0 Å². The molecule has 1 aliphatic heterocycles. The third-order valence-corrected chi connectivity index (χ3v) is 5.77. The van der Waals surface area contributed by atoms with Crippen molar-refractivity contribution in [3.8, 4) is 11.1 Å². The minimum atomic E-state index is -4.51. The van der Waals surface area contributed by atoms with E-state index >= 15 is 0 Å². The van der Waals surface area contributed by atoms with Gasteiger partial charge in [0.1, 0.15) is 11.8 Å². The summed E-state index contributed by atoms with van der Waals surface area (Å²) in [4.78, 5) is 42.9. The Balaban J connectivity index is 1.80. The number of carbonyl (C=O) groups excluding carboxylic acids is 3. The summed E-state index contributed by atoms with van der Waals surface area (Å²) in [5, 5.41) is 0. The van der Waals surface area contributed by atoms with Gasteiger partial charge in [0.15, 0.2) is 5.78 Å². The van der Waals surface area contributed by atoms with Gasteiger partial charge in [-0.05, 0) is 56.5 Å². The van der Waals surface area contributed by atoms with Crippen LogP contribution in [0.3, 0.4) is 0 Å². The van der Waals surface area contributed by atoms with E-state index in [1.54, 1.807) is 20.8 Å². The average Bonchev–Trinajstić information content (AvgIpc) is 3.22. The molecule has 1 aliphatic rings. The summed E-state index contributed by atoms with van der Waals surface area (Å²) in [6, 6.07) is 4.79. The van der Waals surface area contributed by atoms with Gasteiger partial charge >= 0.3 is 18.2 Å². The first kappa shape index (κ1) is 28.1. The number of alkyl halides is 4. The number of ketones is 1. The Kier molecular flexibility index (Phi) is 8.24. The third kappa shape index (κ3) is 7.05. The number of methoxy groups -OCH3 is 1. The predicted octanol–water partition coefficient (Wildman–Crippen LogP) is 5.40. The lowest BCUT2D eigenvalue weighted by atomic mass is 9.97. The van der Waals surface area contributed by atoms with Crippen molar-refractivity contribution in [1.29, 1.82) is 0 Å². The fraction of sp³-hybridized carbons (Fsp3) is 0.462. The number of likely N-dealkylation sites (tertiary alicyclic amines) is 1. The number of aromatic nitrogens is 1. The van der Waals surface area contributed by atoms with Gasteiger partial charge in [-0.25, -0.2) is 14.0 Å². The number of esters is 1. The molecule has 1 saturated heterocycles. The van der Waals surface area contributed by atoms with Gasteiger partial charge in [0.25, 0.3) is 0 Å². The van der Waals surface area contributed by atoms with Crippen molar-refractivity contribution in [2.75, 3.05) is 13.7 Å². The number of carbonyl (C=O) groups is 3. The Morgan fingerprint density at radius 2 is 1.76 bits per heavy atom. The van der Waals surface area contributed by atoms with Crippen molar-refractivity contribution in [1.82, 2.24) is 9.88 Å². The number of halogens is 4. The molecule has 0 spiro atoms. The summed E-state index contributed by atoms with van der Waals surface area (Å²) in [6.45, 7) is 4.77. The van der Waals surface area contributed by atoms with E-state index in [-0.39, 0.29) is 42.7 Å². The molecule has 200 valence electrons. The lowest BCUT2D eigenvalue weighted by Crippen LogP contribution is -2.43. The molecule has 0 radical (unpaired) electrons. The number of Topliss-reactive ketones (excluding diaryl/α,β-unsaturated/α-hetero) is 1. The standard InChI is InChI=1S/C26H28F4N2O5/c1-25(2,3)37-24(35)32-14-17(27)11-21(32)22(33)10-9-18-12-19(20(13-31-18)23(34)36-4)15-5-7-16(8-6-15)26(28,29)30/h5-8,12-13,17,21H,9-11,14H2,1-4H3/t17-,21+/m1/s1. The Morgan fingerprint density at radius 3 is 2.32 bits per heavy atom. The van der Waals surface area contributed by atoms with E-state index in [4.69, 9.17) is 9.47 Å². The lowest BCUT2D eigenvalue weighted by molar-refractivity contribution is -0.137. The maximum Gasteiger partial charge on any atom is 0.416 e. The summed E-state index contributed by atoms with van der Waals surface area (Å²) in [5.74, 6) is -1.10. The molecular weight excluding hydrogens is 496 g/mol. The summed E-state index contributed by atoms with van der Waals surface area (Å²) in [7, 11) is 1.17. The second-order valence-electron chi connectivity index (χ2n) is 9.74. The number of nitrogens with zero attached hydrogens (tertiary/aromatic N) is 2. The fourth-order valence-corrected chi connectivity index (χ4v) is 4.02. The highest BCUT2D eigenvalue weighted by molar-refractivity contribution is 5.97. The normalized spacial score (nSPS) is 18.0. The second kappa shape index (κ2) is 10.9. The third-order valence-electron chi connectivity index (χ3n) is 5.77. The molecule has 7 nitrogen and oxygen atoms in total. The number of hydrogen-bond donors (Lipinski definition) is 0. The molecule has 1 aromatic heterocycles. The van der Waals surface area contributed by atoms with Crippen molar-refractivity contribution in [3.63, 3.8) is 0 Å². The number of amides is 1. The van der Waals surface area contributed by atoms with Crippen LogP contribution in [-0.2, 0) is 26.9 Å². The first-order valence-corrected chi connectivity index (χ1v) is 11.6. The smallest absolute Gasteiger partial charge is 0.416 e. The molecule has 37 heavy (non-hydrogen) atoms. The quantitative estimate of drug-likeness (QED) is 0.372. The van der Waals surface area contributed by atoms with Crippen molar-refractivity contribution in [3.05, 3.63) is 53.3 Å². The molecule has 1 aromatic carbocycles. The van der Waals surface area contributed by atoms with Crippen LogP contribution in [-0.4, -0.2) is 59.2 Å². The second-order valence-corrected chi connectivity index (χ2v) is 9.74. The first-order valence-electron chi connectivity index (χ1n) is 11.6. The predicted molar refractivity (Wildman–Crippen MR) is 126 cm³/mol. The van der Waals surface area contributed by atoms with E-state index in [2.05, 4.69) is 4.98 Å². The first-order chi connectivity index (χ1) is 17.2. The zero-order valence-corrected chi connectivity index (χ0v) is 20.9. The van der Waals surface area contributed by atoms with E-state index in [1.807, 2.05) is 0 Å². The summed E-state index contributed by atoms with van der Waals surface area (Å²) in [6.07, 6.45) is -5.51. The number of pyridine rings is 1. The molecule has 0 N–H and O–H groups in total. The number of ether oxygens (including phenoxy) is 2. The van der Waals surface area contributed by atoms with Crippen molar-refractivity contribution in [2.45, 2.75) is 64.0 Å². The van der Waals surface area contributed by atoms with Crippen LogP contribution in [0.2, 0.25) is 0 Å². The highest BCUT2D eigenvalue weighted by Gasteiger charge is 2.41. The minimum Gasteiger partial charge on any atom is -0.465 e. The van der Waals surface area contributed by atoms with Gasteiger partial charge in [0, 0.05) is 24.7 Å². The van der Waals surface area contributed by atoms with Gasteiger partial charge < -0.3 is 9.47 Å². The molecule has 3 rings (SSSR count). The molecule has 2 heterocycles. The highest BCUT2D eigenvalue weighted by Crippen LogP contribution is 2.32. The van der Waals surface area contributed by atoms with Gasteiger partial charge in [0.2, 0.25) is 0 Å². The Bertz CT molecular complexity index is 1160. The molecule has 1 fully saturated rings. The van der Waals surface area contributed by atoms with E-state index in [0.717, 1.165) is 17.0 Å². The Morgan fingerprint density at radius 1 is 1.11 bits per heavy atom. The molecule has 11 heteroatoms. The van der Waals surface area contributed by atoms with E-state index in [9.17, 15) is 31.9 Å². The van der Waals surface area contributed by atoms with Crippen LogP contribution < -0.4 is 0 Å². The molecule has 0 bridgehead atoms. The number of benzene rings is 1. The average molecular weight is 525 g/mol. The monoisotopic (exact) mass is 524 g/mol. The fourth-order valence-electron chi connectivity index (χ4n) is 4.02. The van der Waals surface area contributed by atoms with Crippen LogP contribution in [0.1, 0.15) is 55.2 Å². The van der Waals surface area contributed by atoms with E-state index in [1.165, 1.54) is 31.5 Å². The lowest BCUT2D eigenvalue weighted by Gasteiger charge is -2.27. The van der Waals surface area contributed by atoms with Crippen LogP contribution in [0.15, 0.2) is 36.5 Å². The largest absolute Gasteiger partial charge is 0.465 e. The van der Waals surface area contributed by atoms with Crippen LogP contribution >= 0.6 is 0 Å².